The Morgan fingerprint density at radius 3 is 2.85 bits per heavy atom. The van der Waals surface area contributed by atoms with Crippen molar-refractivity contribution in [1.29, 1.82) is 5.26 Å². The summed E-state index contributed by atoms with van der Waals surface area (Å²) in [5.41, 5.74) is 0.878. The summed E-state index contributed by atoms with van der Waals surface area (Å²) in [6.07, 6.45) is 1.04. The van der Waals surface area contributed by atoms with Crippen LogP contribution in [0.1, 0.15) is 18.9 Å². The average Bonchev–Trinajstić information content (AvgIpc) is 2.58. The summed E-state index contributed by atoms with van der Waals surface area (Å²) in [7, 11) is 2.09. The molecule has 1 fully saturated rings. The number of anilines is 1. The van der Waals surface area contributed by atoms with Crippen LogP contribution < -0.4 is 4.90 Å². The number of nitriles is 1. The van der Waals surface area contributed by atoms with Crippen LogP contribution in [0.3, 0.4) is 0 Å². The van der Waals surface area contributed by atoms with Crippen LogP contribution in [-0.4, -0.2) is 42.5 Å². The SMILES string of the molecule is CC1CN(C)CCCN1c1ccc([N+](=O)[O-])c(C#N)c1. The van der Waals surface area contributed by atoms with E-state index in [1.54, 1.807) is 12.1 Å². The van der Waals surface area contributed by atoms with Gasteiger partial charge in [0.15, 0.2) is 0 Å². The highest BCUT2D eigenvalue weighted by Gasteiger charge is 2.22. The zero-order chi connectivity index (χ0) is 14.7. The fraction of sp³-hybridized carbons (Fsp3) is 0.500. The van der Waals surface area contributed by atoms with Gasteiger partial charge in [-0.2, -0.15) is 5.26 Å². The van der Waals surface area contributed by atoms with Gasteiger partial charge in [0.2, 0.25) is 0 Å². The Kier molecular flexibility index (Phi) is 4.20. The van der Waals surface area contributed by atoms with E-state index in [0.717, 1.165) is 31.7 Å². The lowest BCUT2D eigenvalue weighted by atomic mass is 10.1. The largest absolute Gasteiger partial charge is 0.367 e. The van der Waals surface area contributed by atoms with E-state index in [2.05, 4.69) is 23.8 Å². The zero-order valence-corrected chi connectivity index (χ0v) is 11.7. The van der Waals surface area contributed by atoms with Gasteiger partial charge in [-0.15, -0.1) is 0 Å². The van der Waals surface area contributed by atoms with Crippen molar-refractivity contribution in [3.63, 3.8) is 0 Å². The van der Waals surface area contributed by atoms with E-state index in [4.69, 9.17) is 5.26 Å². The molecule has 0 bridgehead atoms. The van der Waals surface area contributed by atoms with Gasteiger partial charge in [-0.25, -0.2) is 0 Å². The highest BCUT2D eigenvalue weighted by molar-refractivity contribution is 5.60. The summed E-state index contributed by atoms with van der Waals surface area (Å²) in [5, 5.41) is 19.9. The third-order valence-corrected chi connectivity index (χ3v) is 3.68. The number of nitro groups is 1. The molecule has 1 unspecified atom stereocenters. The number of nitro benzene ring substituents is 1. The first kappa shape index (κ1) is 14.3. The predicted octanol–water partition coefficient (Wildman–Crippen LogP) is 2.00. The molecule has 6 heteroatoms. The van der Waals surface area contributed by atoms with E-state index in [1.165, 1.54) is 6.07 Å². The topological polar surface area (TPSA) is 73.4 Å². The molecule has 2 rings (SSSR count). The second kappa shape index (κ2) is 5.88. The fourth-order valence-electron chi connectivity index (χ4n) is 2.71. The molecule has 0 saturated carbocycles. The predicted molar refractivity (Wildman–Crippen MR) is 76.7 cm³/mol. The fourth-order valence-corrected chi connectivity index (χ4v) is 2.71. The maximum absolute atomic E-state index is 10.9. The maximum atomic E-state index is 10.9. The van der Waals surface area contributed by atoms with Crippen LogP contribution >= 0.6 is 0 Å². The normalized spacial score (nSPS) is 20.2. The van der Waals surface area contributed by atoms with E-state index in [1.807, 2.05) is 6.07 Å². The van der Waals surface area contributed by atoms with Crippen LogP contribution in [0.2, 0.25) is 0 Å². The van der Waals surface area contributed by atoms with Gasteiger partial charge in [0.25, 0.3) is 5.69 Å². The molecule has 1 heterocycles. The summed E-state index contributed by atoms with van der Waals surface area (Å²) < 4.78 is 0. The van der Waals surface area contributed by atoms with Crippen LogP contribution in [0, 0.1) is 21.4 Å². The van der Waals surface area contributed by atoms with Gasteiger partial charge < -0.3 is 9.80 Å². The van der Waals surface area contributed by atoms with Crippen molar-refractivity contribution in [2.45, 2.75) is 19.4 Å². The Bertz CT molecular complexity index is 553. The standard InChI is InChI=1S/C14H18N4O2/c1-11-10-16(2)6-3-7-17(11)13-4-5-14(18(19)20)12(8-13)9-15/h4-5,8,11H,3,6-7,10H2,1-2H3. The molecule has 0 N–H and O–H groups in total. The Morgan fingerprint density at radius 2 is 2.20 bits per heavy atom. The summed E-state index contributed by atoms with van der Waals surface area (Å²) in [4.78, 5) is 14.8. The van der Waals surface area contributed by atoms with Crippen molar-refractivity contribution < 1.29 is 4.92 Å². The third kappa shape index (κ3) is 2.89. The summed E-state index contributed by atoms with van der Waals surface area (Å²) in [6.45, 7) is 5.02. The second-order valence-electron chi connectivity index (χ2n) is 5.23. The van der Waals surface area contributed by atoms with Crippen molar-refractivity contribution in [3.05, 3.63) is 33.9 Å². The molecule has 0 radical (unpaired) electrons. The van der Waals surface area contributed by atoms with Gasteiger partial charge in [-0.1, -0.05) is 0 Å². The maximum Gasteiger partial charge on any atom is 0.287 e. The smallest absolute Gasteiger partial charge is 0.287 e. The lowest BCUT2D eigenvalue weighted by molar-refractivity contribution is -0.385. The van der Waals surface area contributed by atoms with E-state index >= 15 is 0 Å². The number of hydrogen-bond acceptors (Lipinski definition) is 5. The Hall–Kier alpha value is -2.13. The molecular formula is C14H18N4O2. The number of rotatable bonds is 2. The first-order chi connectivity index (χ1) is 9.52. The first-order valence-corrected chi connectivity index (χ1v) is 6.66. The molecule has 1 aliphatic rings. The summed E-state index contributed by atoms with van der Waals surface area (Å²) >= 11 is 0. The molecule has 1 aromatic rings. The van der Waals surface area contributed by atoms with E-state index < -0.39 is 4.92 Å². The Balaban J connectivity index is 2.33. The minimum atomic E-state index is -0.512. The summed E-state index contributed by atoms with van der Waals surface area (Å²) in [5.74, 6) is 0. The minimum Gasteiger partial charge on any atom is -0.367 e. The molecule has 106 valence electrons. The molecule has 1 atom stereocenters. The molecule has 0 aliphatic carbocycles. The number of likely N-dealkylation sites (N-methyl/N-ethyl adjacent to an activating group) is 1. The van der Waals surface area contributed by atoms with E-state index in [0.29, 0.717) is 6.04 Å². The highest BCUT2D eigenvalue weighted by Crippen LogP contribution is 2.26. The lowest BCUT2D eigenvalue weighted by Crippen LogP contribution is -2.37. The van der Waals surface area contributed by atoms with Crippen LogP contribution in [0.5, 0.6) is 0 Å². The molecule has 0 amide bonds. The van der Waals surface area contributed by atoms with Gasteiger partial charge >= 0.3 is 0 Å². The van der Waals surface area contributed by atoms with Crippen molar-refractivity contribution in [2.24, 2.45) is 0 Å². The number of nitrogens with zero attached hydrogens (tertiary/aromatic N) is 4. The van der Waals surface area contributed by atoms with Gasteiger partial charge in [0, 0.05) is 30.9 Å². The van der Waals surface area contributed by atoms with E-state index in [-0.39, 0.29) is 11.3 Å². The van der Waals surface area contributed by atoms with Gasteiger partial charge in [-0.05, 0) is 39.1 Å². The Labute approximate surface area is 118 Å². The molecular weight excluding hydrogens is 256 g/mol. The molecule has 0 spiro atoms. The minimum absolute atomic E-state index is 0.123. The molecule has 6 nitrogen and oxygen atoms in total. The lowest BCUT2D eigenvalue weighted by Gasteiger charge is -2.30. The van der Waals surface area contributed by atoms with Crippen molar-refractivity contribution >= 4 is 11.4 Å². The van der Waals surface area contributed by atoms with Crippen LogP contribution in [0.25, 0.3) is 0 Å². The zero-order valence-electron chi connectivity index (χ0n) is 11.7. The van der Waals surface area contributed by atoms with Crippen molar-refractivity contribution in [2.75, 3.05) is 31.6 Å². The molecule has 20 heavy (non-hydrogen) atoms. The first-order valence-electron chi connectivity index (χ1n) is 6.66. The average molecular weight is 274 g/mol. The second-order valence-corrected chi connectivity index (χ2v) is 5.23. The van der Waals surface area contributed by atoms with Crippen LogP contribution in [-0.2, 0) is 0 Å². The molecule has 1 aliphatic heterocycles. The molecule has 0 aromatic heterocycles. The van der Waals surface area contributed by atoms with E-state index in [9.17, 15) is 10.1 Å². The summed E-state index contributed by atoms with van der Waals surface area (Å²) in [6, 6.07) is 7.02. The van der Waals surface area contributed by atoms with Gasteiger partial charge in [-0.3, -0.25) is 10.1 Å². The molecule has 1 aromatic carbocycles. The van der Waals surface area contributed by atoms with Crippen molar-refractivity contribution in [3.8, 4) is 6.07 Å². The quantitative estimate of drug-likeness (QED) is 0.609. The Morgan fingerprint density at radius 1 is 1.45 bits per heavy atom. The molecule has 1 saturated heterocycles. The van der Waals surface area contributed by atoms with Crippen molar-refractivity contribution in [1.82, 2.24) is 4.90 Å². The monoisotopic (exact) mass is 274 g/mol. The van der Waals surface area contributed by atoms with Gasteiger partial charge in [0.05, 0.1) is 4.92 Å². The third-order valence-electron chi connectivity index (χ3n) is 3.68. The highest BCUT2D eigenvalue weighted by atomic mass is 16.6. The number of hydrogen-bond donors (Lipinski definition) is 0. The number of benzene rings is 1. The van der Waals surface area contributed by atoms with Crippen LogP contribution in [0.4, 0.5) is 11.4 Å². The van der Waals surface area contributed by atoms with Crippen LogP contribution in [0.15, 0.2) is 18.2 Å². The van der Waals surface area contributed by atoms with Gasteiger partial charge in [0.1, 0.15) is 11.6 Å².